The Morgan fingerprint density at radius 1 is 0.695 bits per heavy atom. The molecule has 2 amide bonds. The third kappa shape index (κ3) is 12.7. The van der Waals surface area contributed by atoms with Gasteiger partial charge in [0.1, 0.15) is 18.7 Å². The second-order valence-electron chi connectivity index (χ2n) is 15.0. The van der Waals surface area contributed by atoms with Gasteiger partial charge in [0, 0.05) is 97.4 Å². The number of piperazine rings is 2. The number of aliphatic hydroxyl groups is 2. The first-order chi connectivity index (χ1) is 28.6. The molecule has 0 aromatic carbocycles. The summed E-state index contributed by atoms with van der Waals surface area (Å²) in [7, 11) is 0. The highest BCUT2D eigenvalue weighted by molar-refractivity contribution is 5.81. The predicted octanol–water partition coefficient (Wildman–Crippen LogP) is -0.689. The van der Waals surface area contributed by atoms with Crippen molar-refractivity contribution in [3.05, 3.63) is 23.8 Å². The third-order valence-electron chi connectivity index (χ3n) is 10.0. The molecule has 59 heavy (non-hydrogen) atoms. The van der Waals surface area contributed by atoms with Crippen molar-refractivity contribution in [1.82, 2.24) is 54.7 Å². The Morgan fingerprint density at radius 2 is 1.14 bits per heavy atom. The maximum Gasteiger partial charge on any atom is 0.247 e. The molecule has 0 bridgehead atoms. The molecular formula is C38H60N14O7. The molecule has 3 aromatic rings. The molecule has 0 aliphatic carbocycles. The number of amides is 2. The first-order valence-electron chi connectivity index (χ1n) is 20.4. The first-order valence-corrected chi connectivity index (χ1v) is 20.4. The zero-order valence-corrected chi connectivity index (χ0v) is 34.7. The average Bonchev–Trinajstić information content (AvgIpc) is 3.89. The summed E-state index contributed by atoms with van der Waals surface area (Å²) in [6.07, 6.45) is 9.40. The molecule has 5 rings (SSSR count). The van der Waals surface area contributed by atoms with Crippen LogP contribution in [0.25, 0.3) is 0 Å². The van der Waals surface area contributed by atoms with Gasteiger partial charge in [-0.05, 0) is 11.8 Å². The Hall–Kier alpha value is -5.01. The number of rotatable bonds is 23. The zero-order valence-electron chi connectivity index (χ0n) is 34.7. The van der Waals surface area contributed by atoms with E-state index in [9.17, 15) is 19.8 Å². The highest BCUT2D eigenvalue weighted by Gasteiger charge is 2.34. The van der Waals surface area contributed by atoms with Crippen LogP contribution in [0.5, 0.6) is 0 Å². The third-order valence-corrected chi connectivity index (χ3v) is 10.0. The van der Waals surface area contributed by atoms with Gasteiger partial charge in [-0.25, -0.2) is 9.36 Å². The van der Waals surface area contributed by atoms with Gasteiger partial charge < -0.3 is 49.3 Å². The van der Waals surface area contributed by atoms with Crippen LogP contribution in [-0.2, 0) is 36.6 Å². The molecular weight excluding hydrogens is 765 g/mol. The summed E-state index contributed by atoms with van der Waals surface area (Å²) in [5.41, 5.74) is 1.27. The van der Waals surface area contributed by atoms with Gasteiger partial charge in [0.25, 0.3) is 0 Å². The van der Waals surface area contributed by atoms with Crippen molar-refractivity contribution in [2.75, 3.05) is 127 Å². The van der Waals surface area contributed by atoms with E-state index in [2.05, 4.69) is 41.7 Å². The summed E-state index contributed by atoms with van der Waals surface area (Å²) in [6, 6.07) is -1.05. The number of hydrogen-bond acceptors (Lipinski definition) is 17. The molecule has 21 heteroatoms. The summed E-state index contributed by atoms with van der Waals surface area (Å²) in [4.78, 5) is 50.0. The van der Waals surface area contributed by atoms with Gasteiger partial charge in [0.2, 0.25) is 29.7 Å². The maximum absolute atomic E-state index is 13.8. The number of nitrogens with one attached hydrogen (secondary N) is 1. The molecule has 2 aliphatic heterocycles. The highest BCUT2D eigenvalue weighted by atomic mass is 16.5. The van der Waals surface area contributed by atoms with E-state index in [0.29, 0.717) is 134 Å². The fourth-order valence-electron chi connectivity index (χ4n) is 6.91. The number of carbonyl (C=O) groups excluding carboxylic acids is 2. The van der Waals surface area contributed by atoms with E-state index in [1.165, 1.54) is 0 Å². The standard InChI is InChI=1S/C38H60N14O7/c1-6-20-57-22-24-59-25-23-58-21-9-39-36-40-37(49-14-10-47(11-15-49)34(55)32(28(2)3)51-26-30(7-18-53)43-45-51)42-38(41-36)50-16-12-48(13-17-50)35(56)33(29(4)5)52-27-31(8-19-54)44-46-52/h1,26-29,32-33,53-54H,7-25H2,2-5H3,(H,39,40,41,42)/t32-,33-/m0/s1. The normalized spacial score (nSPS) is 15.8. The van der Waals surface area contributed by atoms with E-state index in [-0.39, 0.29) is 43.5 Å². The molecule has 2 atom stereocenters. The van der Waals surface area contributed by atoms with Crippen molar-refractivity contribution in [1.29, 1.82) is 0 Å². The molecule has 0 radical (unpaired) electrons. The fraction of sp³-hybridized carbons (Fsp3) is 0.711. The van der Waals surface area contributed by atoms with Gasteiger partial charge >= 0.3 is 0 Å². The van der Waals surface area contributed by atoms with Crippen LogP contribution in [0.1, 0.15) is 51.2 Å². The Bertz CT molecular complexity index is 1680. The SMILES string of the molecule is C#CCOCCOCCOCCNc1nc(N2CCN(C(=O)[C@H](C(C)C)n3cc(CCO)nn3)CC2)nc(N2CCN(C(=O)[C@H](C(C)C)n3cc(CCO)nn3)CC2)n1. The first kappa shape index (κ1) is 45.1. The summed E-state index contributed by atoms with van der Waals surface area (Å²) in [6.45, 7) is 14.5. The van der Waals surface area contributed by atoms with Crippen LogP contribution in [-0.4, -0.2) is 189 Å². The summed E-state index contributed by atoms with van der Waals surface area (Å²) < 4.78 is 19.7. The van der Waals surface area contributed by atoms with Gasteiger partial charge in [0.15, 0.2) is 0 Å². The van der Waals surface area contributed by atoms with Crippen LogP contribution in [0.15, 0.2) is 12.4 Å². The van der Waals surface area contributed by atoms with E-state index in [1.807, 2.05) is 37.5 Å². The Morgan fingerprint density at radius 3 is 1.56 bits per heavy atom. The lowest BCUT2D eigenvalue weighted by Crippen LogP contribution is -2.52. The lowest BCUT2D eigenvalue weighted by atomic mass is 10.0. The molecule has 2 saturated heterocycles. The number of aromatic nitrogens is 9. The molecule has 21 nitrogen and oxygen atoms in total. The Balaban J connectivity index is 1.23. The van der Waals surface area contributed by atoms with Crippen LogP contribution in [0.2, 0.25) is 0 Å². The van der Waals surface area contributed by atoms with E-state index in [0.717, 1.165) is 0 Å². The molecule has 0 unspecified atom stereocenters. The van der Waals surface area contributed by atoms with Crippen LogP contribution < -0.4 is 15.1 Å². The van der Waals surface area contributed by atoms with Gasteiger partial charge in [0.05, 0.1) is 44.4 Å². The van der Waals surface area contributed by atoms with Crippen LogP contribution in [0, 0.1) is 24.2 Å². The van der Waals surface area contributed by atoms with Crippen molar-refractivity contribution < 1.29 is 34.0 Å². The van der Waals surface area contributed by atoms with Gasteiger partial charge in [-0.3, -0.25) is 9.59 Å². The van der Waals surface area contributed by atoms with Crippen LogP contribution >= 0.6 is 0 Å². The molecule has 0 spiro atoms. The average molecular weight is 825 g/mol. The van der Waals surface area contributed by atoms with Crippen molar-refractivity contribution >= 4 is 29.7 Å². The van der Waals surface area contributed by atoms with Gasteiger partial charge in [-0.15, -0.1) is 16.6 Å². The second kappa shape index (κ2) is 23.0. The van der Waals surface area contributed by atoms with E-state index in [4.69, 9.17) is 35.6 Å². The summed E-state index contributed by atoms with van der Waals surface area (Å²) in [5.74, 6) is 3.64. The molecule has 324 valence electrons. The quantitative estimate of drug-likeness (QED) is 0.0795. The van der Waals surface area contributed by atoms with Crippen LogP contribution in [0.3, 0.4) is 0 Å². The molecule has 0 saturated carbocycles. The minimum atomic E-state index is -0.524. The molecule has 2 fully saturated rings. The Labute approximate surface area is 345 Å². The minimum Gasteiger partial charge on any atom is -0.396 e. The summed E-state index contributed by atoms with van der Waals surface area (Å²) in [5, 5.41) is 38.6. The minimum absolute atomic E-state index is 0.0291. The van der Waals surface area contributed by atoms with Gasteiger partial charge in [-0.1, -0.05) is 44.0 Å². The number of anilines is 3. The largest absolute Gasteiger partial charge is 0.396 e. The predicted molar refractivity (Wildman–Crippen MR) is 217 cm³/mol. The monoisotopic (exact) mass is 824 g/mol. The fourth-order valence-corrected chi connectivity index (χ4v) is 6.91. The highest BCUT2D eigenvalue weighted by Crippen LogP contribution is 2.25. The van der Waals surface area contributed by atoms with E-state index >= 15 is 0 Å². The van der Waals surface area contributed by atoms with Crippen molar-refractivity contribution in [2.24, 2.45) is 11.8 Å². The van der Waals surface area contributed by atoms with E-state index in [1.54, 1.807) is 21.8 Å². The van der Waals surface area contributed by atoms with Crippen molar-refractivity contribution in [2.45, 2.75) is 52.6 Å². The molecule has 2 aliphatic rings. The number of terminal acetylenes is 1. The topological polar surface area (TPSA) is 227 Å². The Kier molecular flexibility index (Phi) is 17.5. The van der Waals surface area contributed by atoms with Crippen molar-refractivity contribution in [3.63, 3.8) is 0 Å². The van der Waals surface area contributed by atoms with Crippen LogP contribution in [0.4, 0.5) is 17.8 Å². The number of nitrogens with zero attached hydrogens (tertiary/aromatic N) is 13. The lowest BCUT2D eigenvalue weighted by Gasteiger charge is -2.38. The van der Waals surface area contributed by atoms with Crippen molar-refractivity contribution in [3.8, 4) is 12.3 Å². The second-order valence-corrected chi connectivity index (χ2v) is 15.0. The summed E-state index contributed by atoms with van der Waals surface area (Å²) >= 11 is 0. The number of aliphatic hydroxyl groups excluding tert-OH is 2. The lowest BCUT2D eigenvalue weighted by molar-refractivity contribution is -0.137. The zero-order chi connectivity index (χ0) is 42.1. The molecule has 3 aromatic heterocycles. The van der Waals surface area contributed by atoms with E-state index < -0.39 is 12.1 Å². The number of ether oxygens (including phenoxy) is 3. The van der Waals surface area contributed by atoms with Gasteiger partial charge in [-0.2, -0.15) is 15.0 Å². The number of hydrogen-bond donors (Lipinski definition) is 3. The smallest absolute Gasteiger partial charge is 0.247 e. The molecule has 5 heterocycles. The number of carbonyl (C=O) groups is 2. The molecule has 3 N–H and O–H groups in total. The maximum atomic E-state index is 13.8.